The van der Waals surface area contributed by atoms with Crippen molar-refractivity contribution in [2.45, 2.75) is 90.1 Å². The van der Waals surface area contributed by atoms with Gasteiger partial charge < -0.3 is 24.5 Å². The van der Waals surface area contributed by atoms with E-state index < -0.39 is 35.1 Å². The van der Waals surface area contributed by atoms with Crippen molar-refractivity contribution in [1.29, 1.82) is 0 Å². The average Bonchev–Trinajstić information content (AvgIpc) is 3.12. The highest BCUT2D eigenvalue weighted by molar-refractivity contribution is 6.00. The van der Waals surface area contributed by atoms with Crippen molar-refractivity contribution in [3.63, 3.8) is 0 Å². The lowest BCUT2D eigenvalue weighted by Crippen LogP contribution is -2.59. The highest BCUT2D eigenvalue weighted by atomic mass is 16.5. The number of amides is 3. The monoisotopic (exact) mass is 501 g/mol. The maximum Gasteiger partial charge on any atom is 0.249 e. The molecule has 6 atom stereocenters. The molecule has 36 heavy (non-hydrogen) atoms. The lowest BCUT2D eigenvalue weighted by Gasteiger charge is -2.41. The van der Waals surface area contributed by atoms with Crippen molar-refractivity contribution in [2.24, 2.45) is 17.8 Å². The van der Waals surface area contributed by atoms with Gasteiger partial charge in [0.05, 0.1) is 30.1 Å². The van der Waals surface area contributed by atoms with Gasteiger partial charge in [0.25, 0.3) is 0 Å². The number of nitrogens with zero attached hydrogens (tertiary/aromatic N) is 3. The standard InChI is InChI=1S/C28H43N3O5/c1-7-13-29-14-9-11-27(8-2)21(24(29)33)22-25(34)31(20(17-32)16-18(3)4)23-26(35)30(19(5)6)15-10-12-28(22,23)36-27/h9-12,18-23,32H,7-8,13-17H2,1-6H3/t20-,21+,22+,23?,27-,28+/m1/s1. The predicted octanol–water partition coefficient (Wildman–Crippen LogP) is 2.37. The fraction of sp³-hybridized carbons (Fsp3) is 0.750. The number of fused-ring (bicyclic) bond motifs is 2. The van der Waals surface area contributed by atoms with Gasteiger partial charge in [0.15, 0.2) is 0 Å². The van der Waals surface area contributed by atoms with Crippen LogP contribution in [0.2, 0.25) is 0 Å². The van der Waals surface area contributed by atoms with E-state index in [0.717, 1.165) is 6.42 Å². The quantitative estimate of drug-likeness (QED) is 0.516. The maximum atomic E-state index is 14.4. The van der Waals surface area contributed by atoms with E-state index >= 15 is 0 Å². The van der Waals surface area contributed by atoms with Crippen LogP contribution in [0.5, 0.6) is 0 Å². The third kappa shape index (κ3) is 3.92. The molecule has 2 saturated heterocycles. The number of likely N-dealkylation sites (tertiary alicyclic amines) is 1. The Hall–Kier alpha value is -2.19. The van der Waals surface area contributed by atoms with Crippen molar-refractivity contribution in [1.82, 2.24) is 14.7 Å². The molecule has 4 rings (SSSR count). The van der Waals surface area contributed by atoms with E-state index in [1.54, 1.807) is 9.80 Å². The van der Waals surface area contributed by atoms with E-state index in [-0.39, 0.29) is 36.3 Å². The van der Waals surface area contributed by atoms with E-state index in [1.807, 2.05) is 70.7 Å². The van der Waals surface area contributed by atoms with Crippen molar-refractivity contribution in [3.05, 3.63) is 24.3 Å². The van der Waals surface area contributed by atoms with E-state index in [0.29, 0.717) is 32.5 Å². The molecule has 4 heterocycles. The Morgan fingerprint density at radius 1 is 1.00 bits per heavy atom. The third-order valence-electron chi connectivity index (χ3n) is 8.46. The highest BCUT2D eigenvalue weighted by Gasteiger charge is 2.75. The van der Waals surface area contributed by atoms with Crippen molar-refractivity contribution in [3.8, 4) is 0 Å². The molecule has 0 aliphatic carbocycles. The number of carbonyl (C=O) groups excluding carboxylic acids is 3. The van der Waals surface area contributed by atoms with Gasteiger partial charge in [-0.25, -0.2) is 0 Å². The van der Waals surface area contributed by atoms with Crippen LogP contribution in [0, 0.1) is 17.8 Å². The van der Waals surface area contributed by atoms with Gasteiger partial charge in [-0.1, -0.05) is 52.0 Å². The molecule has 200 valence electrons. The summed E-state index contributed by atoms with van der Waals surface area (Å²) in [6.07, 6.45) is 9.64. The van der Waals surface area contributed by atoms with Gasteiger partial charge in [0.2, 0.25) is 17.7 Å². The summed E-state index contributed by atoms with van der Waals surface area (Å²) in [4.78, 5) is 47.9. The van der Waals surface area contributed by atoms with E-state index in [4.69, 9.17) is 4.74 Å². The SMILES string of the molecule is CCCN1CC=C[C@@]2(CC)O[C@]34C=CCN(C(C)C)C(=O)C3N([C@@H](CO)CC(C)C)C(=O)[C@@H]4[C@H]2C1=O. The largest absolute Gasteiger partial charge is 0.394 e. The number of carbonyl (C=O) groups is 3. The van der Waals surface area contributed by atoms with Crippen LogP contribution in [0.4, 0.5) is 0 Å². The average molecular weight is 502 g/mol. The second kappa shape index (κ2) is 9.93. The zero-order chi connectivity index (χ0) is 26.4. The topological polar surface area (TPSA) is 90.4 Å². The van der Waals surface area contributed by atoms with Gasteiger partial charge in [0.1, 0.15) is 11.6 Å². The summed E-state index contributed by atoms with van der Waals surface area (Å²) in [5.41, 5.74) is -2.23. The molecular weight excluding hydrogens is 458 g/mol. The predicted molar refractivity (Wildman–Crippen MR) is 137 cm³/mol. The summed E-state index contributed by atoms with van der Waals surface area (Å²) in [6, 6.07) is -1.53. The number of hydrogen-bond acceptors (Lipinski definition) is 5. The van der Waals surface area contributed by atoms with Gasteiger partial charge in [-0.15, -0.1) is 0 Å². The fourth-order valence-electron chi connectivity index (χ4n) is 6.92. The Bertz CT molecular complexity index is 945. The molecule has 8 nitrogen and oxygen atoms in total. The number of hydrogen-bond donors (Lipinski definition) is 1. The number of aliphatic hydroxyl groups excluding tert-OH is 1. The molecule has 0 aromatic carbocycles. The molecule has 0 saturated carbocycles. The summed E-state index contributed by atoms with van der Waals surface area (Å²) in [5.74, 6) is -1.88. The molecule has 0 radical (unpaired) electrons. The molecule has 1 spiro atoms. The molecule has 1 unspecified atom stereocenters. The molecule has 1 N–H and O–H groups in total. The van der Waals surface area contributed by atoms with Crippen LogP contribution in [0.15, 0.2) is 24.3 Å². The number of aliphatic hydroxyl groups is 1. The zero-order valence-electron chi connectivity index (χ0n) is 22.6. The summed E-state index contributed by atoms with van der Waals surface area (Å²) < 4.78 is 6.96. The van der Waals surface area contributed by atoms with Crippen molar-refractivity contribution in [2.75, 3.05) is 26.2 Å². The first-order valence-electron chi connectivity index (χ1n) is 13.7. The van der Waals surface area contributed by atoms with Crippen LogP contribution in [-0.4, -0.2) is 93.1 Å². The molecule has 3 amide bonds. The Balaban J connectivity index is 1.92. The molecule has 8 heteroatoms. The van der Waals surface area contributed by atoms with Crippen LogP contribution in [0.3, 0.4) is 0 Å². The van der Waals surface area contributed by atoms with Crippen LogP contribution in [0.1, 0.15) is 60.8 Å². The molecule has 0 aromatic heterocycles. The van der Waals surface area contributed by atoms with E-state index in [2.05, 4.69) is 0 Å². The minimum atomic E-state index is -1.27. The van der Waals surface area contributed by atoms with Gasteiger partial charge in [0, 0.05) is 25.7 Å². The maximum absolute atomic E-state index is 14.4. The lowest BCUT2D eigenvalue weighted by molar-refractivity contribution is -0.158. The minimum absolute atomic E-state index is 0.0698. The van der Waals surface area contributed by atoms with Crippen LogP contribution in [0.25, 0.3) is 0 Å². The molecule has 0 bridgehead atoms. The van der Waals surface area contributed by atoms with Crippen molar-refractivity contribution >= 4 is 17.7 Å². The first-order valence-corrected chi connectivity index (χ1v) is 13.7. The lowest BCUT2D eigenvalue weighted by atomic mass is 9.73. The molecule has 4 aliphatic heterocycles. The summed E-state index contributed by atoms with van der Waals surface area (Å²) in [5, 5.41) is 10.4. The van der Waals surface area contributed by atoms with Gasteiger partial charge in [-0.05, 0) is 39.0 Å². The summed E-state index contributed by atoms with van der Waals surface area (Å²) >= 11 is 0. The Morgan fingerprint density at radius 3 is 2.28 bits per heavy atom. The fourth-order valence-corrected chi connectivity index (χ4v) is 6.92. The van der Waals surface area contributed by atoms with Crippen molar-refractivity contribution < 1.29 is 24.2 Å². The first-order chi connectivity index (χ1) is 17.1. The highest BCUT2D eigenvalue weighted by Crippen LogP contribution is 2.59. The van der Waals surface area contributed by atoms with Crippen LogP contribution >= 0.6 is 0 Å². The first kappa shape index (κ1) is 26.9. The van der Waals surface area contributed by atoms with Crippen LogP contribution in [-0.2, 0) is 19.1 Å². The van der Waals surface area contributed by atoms with Crippen LogP contribution < -0.4 is 0 Å². The Labute approximate surface area is 215 Å². The summed E-state index contributed by atoms with van der Waals surface area (Å²) in [7, 11) is 0. The molecule has 4 aliphatic rings. The van der Waals surface area contributed by atoms with Gasteiger partial charge in [-0.2, -0.15) is 0 Å². The number of rotatable bonds is 8. The van der Waals surface area contributed by atoms with E-state index in [1.165, 1.54) is 0 Å². The molecule has 0 aromatic rings. The minimum Gasteiger partial charge on any atom is -0.394 e. The Morgan fingerprint density at radius 2 is 1.69 bits per heavy atom. The van der Waals surface area contributed by atoms with Gasteiger partial charge >= 0.3 is 0 Å². The molecular formula is C28H43N3O5. The number of ether oxygens (including phenoxy) is 1. The second-order valence-corrected chi connectivity index (χ2v) is 11.5. The third-order valence-corrected chi connectivity index (χ3v) is 8.46. The second-order valence-electron chi connectivity index (χ2n) is 11.5. The normalized spacial score (nSPS) is 34.9. The van der Waals surface area contributed by atoms with E-state index in [9.17, 15) is 19.5 Å². The Kier molecular flexibility index (Phi) is 7.41. The zero-order valence-corrected chi connectivity index (χ0v) is 22.6. The summed E-state index contributed by atoms with van der Waals surface area (Å²) in [6.45, 7) is 13.3. The van der Waals surface area contributed by atoms with Gasteiger partial charge in [-0.3, -0.25) is 14.4 Å². The smallest absolute Gasteiger partial charge is 0.249 e. The molecule has 2 fully saturated rings.